The van der Waals surface area contributed by atoms with Gasteiger partial charge < -0.3 is 10.2 Å². The van der Waals surface area contributed by atoms with Gasteiger partial charge in [-0.3, -0.25) is 0 Å². The molecule has 2 fully saturated rings. The van der Waals surface area contributed by atoms with Gasteiger partial charge in [-0.25, -0.2) is 0 Å². The second-order valence-electron chi connectivity index (χ2n) is 5.73. The molecule has 0 aromatic heterocycles. The highest BCUT2D eigenvalue weighted by Gasteiger charge is 2.30. The molecule has 0 aliphatic heterocycles. The van der Waals surface area contributed by atoms with Crippen LogP contribution in [0.5, 0.6) is 0 Å². The van der Waals surface area contributed by atoms with E-state index in [2.05, 4.69) is 24.2 Å². The van der Waals surface area contributed by atoms with Crippen molar-refractivity contribution in [2.45, 2.75) is 64.0 Å². The number of likely N-dealkylation sites (N-methyl/N-ethyl adjacent to an activating group) is 2. The second kappa shape index (κ2) is 6.02. The van der Waals surface area contributed by atoms with Crippen LogP contribution in [0.3, 0.4) is 0 Å². The molecule has 2 saturated carbocycles. The average molecular weight is 224 g/mol. The maximum Gasteiger partial charge on any atom is 0.0223 e. The van der Waals surface area contributed by atoms with E-state index < -0.39 is 0 Å². The lowest BCUT2D eigenvalue weighted by Gasteiger charge is -2.33. The summed E-state index contributed by atoms with van der Waals surface area (Å²) in [4.78, 5) is 2.59. The summed E-state index contributed by atoms with van der Waals surface area (Å²) in [6.07, 6.45) is 10.2. The minimum absolute atomic E-state index is 0.746. The van der Waals surface area contributed by atoms with Crippen molar-refractivity contribution in [3.8, 4) is 0 Å². The highest BCUT2D eigenvalue weighted by Crippen LogP contribution is 2.29. The van der Waals surface area contributed by atoms with E-state index in [0.717, 1.165) is 24.5 Å². The Hall–Kier alpha value is -0.0800. The molecule has 0 aromatic carbocycles. The Morgan fingerprint density at radius 2 is 1.81 bits per heavy atom. The second-order valence-corrected chi connectivity index (χ2v) is 5.73. The first-order valence-corrected chi connectivity index (χ1v) is 7.25. The van der Waals surface area contributed by atoms with E-state index in [1.54, 1.807) is 0 Å². The molecule has 1 atom stereocenters. The minimum atomic E-state index is 0.746. The van der Waals surface area contributed by atoms with E-state index in [0.29, 0.717) is 0 Å². The van der Waals surface area contributed by atoms with Crippen LogP contribution in [-0.4, -0.2) is 37.1 Å². The summed E-state index contributed by atoms with van der Waals surface area (Å²) < 4.78 is 0. The predicted octanol–water partition coefficient (Wildman–Crippen LogP) is 2.64. The SMILES string of the molecule is CCNC(CN(C)C1CC1)C1CCCCC1. The Kier molecular flexibility index (Phi) is 4.66. The van der Waals surface area contributed by atoms with Crippen LogP contribution in [-0.2, 0) is 0 Å². The molecule has 0 amide bonds. The van der Waals surface area contributed by atoms with Crippen LogP contribution in [0.25, 0.3) is 0 Å². The van der Waals surface area contributed by atoms with Crippen molar-refractivity contribution in [1.82, 2.24) is 10.2 Å². The van der Waals surface area contributed by atoms with Gasteiger partial charge >= 0.3 is 0 Å². The molecule has 2 rings (SSSR count). The van der Waals surface area contributed by atoms with Gasteiger partial charge in [0.1, 0.15) is 0 Å². The molecule has 0 bridgehead atoms. The fourth-order valence-electron chi connectivity index (χ4n) is 3.15. The molecule has 2 nitrogen and oxygen atoms in total. The molecule has 1 N–H and O–H groups in total. The molecule has 1 unspecified atom stereocenters. The van der Waals surface area contributed by atoms with Gasteiger partial charge in [-0.05, 0) is 45.2 Å². The van der Waals surface area contributed by atoms with Crippen LogP contribution in [0.1, 0.15) is 51.9 Å². The van der Waals surface area contributed by atoms with Gasteiger partial charge in [0.2, 0.25) is 0 Å². The molecule has 0 radical (unpaired) electrons. The average Bonchev–Trinajstić information content (AvgIpc) is 3.13. The smallest absolute Gasteiger partial charge is 0.0223 e. The van der Waals surface area contributed by atoms with Crippen LogP contribution >= 0.6 is 0 Å². The molecule has 2 aliphatic carbocycles. The molecule has 94 valence electrons. The molecule has 0 aromatic rings. The van der Waals surface area contributed by atoms with Crippen molar-refractivity contribution in [3.05, 3.63) is 0 Å². The zero-order valence-corrected chi connectivity index (χ0v) is 11.0. The zero-order chi connectivity index (χ0) is 11.4. The monoisotopic (exact) mass is 224 g/mol. The van der Waals surface area contributed by atoms with Crippen LogP contribution in [0.4, 0.5) is 0 Å². The summed E-state index contributed by atoms with van der Waals surface area (Å²) in [5.74, 6) is 0.940. The maximum atomic E-state index is 3.72. The van der Waals surface area contributed by atoms with Gasteiger partial charge in [0.05, 0.1) is 0 Å². The van der Waals surface area contributed by atoms with E-state index in [4.69, 9.17) is 0 Å². The van der Waals surface area contributed by atoms with Crippen molar-refractivity contribution < 1.29 is 0 Å². The molecule has 0 spiro atoms. The van der Waals surface area contributed by atoms with E-state index >= 15 is 0 Å². The van der Waals surface area contributed by atoms with Crippen molar-refractivity contribution in [1.29, 1.82) is 0 Å². The van der Waals surface area contributed by atoms with E-state index in [9.17, 15) is 0 Å². The van der Waals surface area contributed by atoms with E-state index in [1.165, 1.54) is 51.5 Å². The number of rotatable bonds is 6. The Bertz CT molecular complexity index is 195. The number of hydrogen-bond acceptors (Lipinski definition) is 2. The molecule has 16 heavy (non-hydrogen) atoms. The highest BCUT2D eigenvalue weighted by molar-refractivity contribution is 4.87. The van der Waals surface area contributed by atoms with Crippen LogP contribution in [0.15, 0.2) is 0 Å². The largest absolute Gasteiger partial charge is 0.313 e. The molecule has 0 saturated heterocycles. The van der Waals surface area contributed by atoms with Crippen molar-refractivity contribution in [2.24, 2.45) is 5.92 Å². The quantitative estimate of drug-likeness (QED) is 0.746. The lowest BCUT2D eigenvalue weighted by Crippen LogP contribution is -2.45. The molecule has 2 aliphatic rings. The first kappa shape index (κ1) is 12.4. The molecular weight excluding hydrogens is 196 g/mol. The lowest BCUT2D eigenvalue weighted by atomic mass is 9.83. The third-order valence-electron chi connectivity index (χ3n) is 4.34. The zero-order valence-electron chi connectivity index (χ0n) is 11.0. The predicted molar refractivity (Wildman–Crippen MR) is 69.7 cm³/mol. The highest BCUT2D eigenvalue weighted by atomic mass is 15.2. The minimum Gasteiger partial charge on any atom is -0.313 e. The lowest BCUT2D eigenvalue weighted by molar-refractivity contribution is 0.202. The summed E-state index contributed by atoms with van der Waals surface area (Å²) in [5, 5.41) is 3.72. The topological polar surface area (TPSA) is 15.3 Å². The van der Waals surface area contributed by atoms with Crippen LogP contribution in [0.2, 0.25) is 0 Å². The maximum absolute atomic E-state index is 3.72. The summed E-state index contributed by atoms with van der Waals surface area (Å²) in [7, 11) is 2.31. The van der Waals surface area contributed by atoms with E-state index in [1.807, 2.05) is 0 Å². The van der Waals surface area contributed by atoms with Gasteiger partial charge in [0.15, 0.2) is 0 Å². The molecule has 2 heteroatoms. The summed E-state index contributed by atoms with van der Waals surface area (Å²) in [5.41, 5.74) is 0. The van der Waals surface area contributed by atoms with Gasteiger partial charge in [-0.1, -0.05) is 26.2 Å². The van der Waals surface area contributed by atoms with Gasteiger partial charge in [0, 0.05) is 18.6 Å². The third kappa shape index (κ3) is 3.46. The van der Waals surface area contributed by atoms with Crippen LogP contribution < -0.4 is 5.32 Å². The number of nitrogens with one attached hydrogen (secondary N) is 1. The van der Waals surface area contributed by atoms with E-state index in [-0.39, 0.29) is 0 Å². The standard InChI is InChI=1S/C14H28N2/c1-3-15-14(11-16(2)13-9-10-13)12-7-5-4-6-8-12/h12-15H,3-11H2,1-2H3. The van der Waals surface area contributed by atoms with Gasteiger partial charge in [0.25, 0.3) is 0 Å². The van der Waals surface area contributed by atoms with Crippen LogP contribution in [0, 0.1) is 5.92 Å². The summed E-state index contributed by atoms with van der Waals surface area (Å²) in [6.45, 7) is 4.63. The fourth-order valence-corrected chi connectivity index (χ4v) is 3.15. The Morgan fingerprint density at radius 3 is 2.38 bits per heavy atom. The Balaban J connectivity index is 1.81. The first-order chi connectivity index (χ1) is 7.81. The summed E-state index contributed by atoms with van der Waals surface area (Å²) >= 11 is 0. The van der Waals surface area contributed by atoms with Gasteiger partial charge in [-0.2, -0.15) is 0 Å². The first-order valence-electron chi connectivity index (χ1n) is 7.25. The van der Waals surface area contributed by atoms with Gasteiger partial charge in [-0.15, -0.1) is 0 Å². The summed E-state index contributed by atoms with van der Waals surface area (Å²) in [6, 6.07) is 1.65. The van der Waals surface area contributed by atoms with Crippen molar-refractivity contribution in [2.75, 3.05) is 20.1 Å². The van der Waals surface area contributed by atoms with Crippen molar-refractivity contribution >= 4 is 0 Å². The number of hydrogen-bond donors (Lipinski definition) is 1. The number of nitrogens with zero attached hydrogens (tertiary/aromatic N) is 1. The Morgan fingerprint density at radius 1 is 1.12 bits per heavy atom. The normalized spacial score (nSPS) is 24.9. The third-order valence-corrected chi connectivity index (χ3v) is 4.34. The molecular formula is C14H28N2. The fraction of sp³-hybridized carbons (Fsp3) is 1.00. The van der Waals surface area contributed by atoms with Crippen molar-refractivity contribution in [3.63, 3.8) is 0 Å². The Labute approximate surface area is 101 Å². The molecule has 0 heterocycles.